The molecule has 1 N–H and O–H groups in total. The van der Waals surface area contributed by atoms with E-state index in [1.807, 2.05) is 0 Å². The maximum absolute atomic E-state index is 13.6. The van der Waals surface area contributed by atoms with Gasteiger partial charge in [0.25, 0.3) is 5.91 Å². The first-order valence-corrected chi connectivity index (χ1v) is 8.37. The van der Waals surface area contributed by atoms with Crippen LogP contribution in [0.25, 0.3) is 6.08 Å². The van der Waals surface area contributed by atoms with Crippen LogP contribution >= 0.6 is 0 Å². The van der Waals surface area contributed by atoms with Crippen molar-refractivity contribution in [2.45, 2.75) is 19.6 Å². The second-order valence-corrected chi connectivity index (χ2v) is 5.67. The molecule has 0 bridgehead atoms. The van der Waals surface area contributed by atoms with Gasteiger partial charge in [0.2, 0.25) is 0 Å². The van der Waals surface area contributed by atoms with E-state index in [1.165, 1.54) is 62.6 Å². The number of benzene rings is 2. The van der Waals surface area contributed by atoms with Gasteiger partial charge in [-0.15, -0.1) is 0 Å². The van der Waals surface area contributed by atoms with Gasteiger partial charge in [0.1, 0.15) is 5.75 Å². The van der Waals surface area contributed by atoms with Crippen molar-refractivity contribution in [2.24, 2.45) is 0 Å². The van der Waals surface area contributed by atoms with Crippen LogP contribution in [0.15, 0.2) is 48.5 Å². The molecule has 0 saturated carbocycles. The van der Waals surface area contributed by atoms with Crippen LogP contribution in [-0.4, -0.2) is 31.7 Å². The number of nitrogens with one attached hydrogen (secondary N) is 1. The molecule has 29 heavy (non-hydrogen) atoms. The average molecular weight is 409 g/mol. The largest absolute Gasteiger partial charge is 0.494 e. The third-order valence-corrected chi connectivity index (χ3v) is 3.61. The van der Waals surface area contributed by atoms with E-state index in [-0.39, 0.29) is 17.2 Å². The van der Waals surface area contributed by atoms with E-state index in [2.05, 4.69) is 10.1 Å². The zero-order valence-electron chi connectivity index (χ0n) is 15.5. The summed E-state index contributed by atoms with van der Waals surface area (Å²) in [5.74, 6) is -2.35. The van der Waals surface area contributed by atoms with E-state index in [0.29, 0.717) is 5.56 Å². The van der Waals surface area contributed by atoms with Crippen LogP contribution in [0.2, 0.25) is 0 Å². The molecule has 0 heterocycles. The molecule has 0 aliphatic heterocycles. The van der Waals surface area contributed by atoms with Gasteiger partial charge >= 0.3 is 12.6 Å². The minimum atomic E-state index is -3.06. The third kappa shape index (κ3) is 6.56. The standard InChI is InChI=1S/C20H18F3NO5/c1-12(19(26)24-15-5-3-4-6-17(15)29-20(22)23)28-18(25)10-8-13-7-9-16(27-2)14(21)11-13/h3-12,20H,1-2H3,(H,24,26)/b10-8+/t12-/m1/s1. The van der Waals surface area contributed by atoms with Gasteiger partial charge in [0.15, 0.2) is 17.7 Å². The molecule has 2 aromatic rings. The van der Waals surface area contributed by atoms with Crippen LogP contribution in [0.3, 0.4) is 0 Å². The number of methoxy groups -OCH3 is 1. The number of anilines is 1. The lowest BCUT2D eigenvalue weighted by molar-refractivity contribution is -0.148. The first kappa shape index (κ1) is 21.8. The molecule has 9 heteroatoms. The Morgan fingerprint density at radius 1 is 1.10 bits per heavy atom. The Bertz CT molecular complexity index is 901. The summed E-state index contributed by atoms with van der Waals surface area (Å²) in [6.45, 7) is -1.75. The molecule has 0 spiro atoms. The number of carbonyl (C=O) groups is 2. The lowest BCUT2D eigenvalue weighted by Gasteiger charge is -2.15. The molecule has 2 rings (SSSR count). The van der Waals surface area contributed by atoms with Crippen molar-refractivity contribution in [2.75, 3.05) is 12.4 Å². The number of alkyl halides is 2. The topological polar surface area (TPSA) is 73.9 Å². The average Bonchev–Trinajstić information content (AvgIpc) is 2.67. The van der Waals surface area contributed by atoms with Crippen LogP contribution in [0.5, 0.6) is 11.5 Å². The highest BCUT2D eigenvalue weighted by molar-refractivity contribution is 5.97. The Hall–Kier alpha value is -3.49. The van der Waals surface area contributed by atoms with Gasteiger partial charge in [0.05, 0.1) is 12.8 Å². The lowest BCUT2D eigenvalue weighted by atomic mass is 10.2. The van der Waals surface area contributed by atoms with Gasteiger partial charge in [-0.2, -0.15) is 8.78 Å². The molecule has 2 aromatic carbocycles. The molecule has 1 amide bonds. The molecule has 0 aliphatic rings. The van der Waals surface area contributed by atoms with E-state index < -0.39 is 30.4 Å². The first-order valence-electron chi connectivity index (χ1n) is 8.37. The van der Waals surface area contributed by atoms with Crippen molar-refractivity contribution < 1.29 is 37.0 Å². The number of ether oxygens (including phenoxy) is 3. The highest BCUT2D eigenvalue weighted by atomic mass is 19.3. The number of carbonyl (C=O) groups excluding carboxylic acids is 2. The fourth-order valence-electron chi connectivity index (χ4n) is 2.22. The molecule has 6 nitrogen and oxygen atoms in total. The normalized spacial score (nSPS) is 11.9. The second kappa shape index (κ2) is 10.2. The van der Waals surface area contributed by atoms with Gasteiger partial charge in [-0.25, -0.2) is 9.18 Å². The highest BCUT2D eigenvalue weighted by Crippen LogP contribution is 2.25. The molecule has 0 saturated heterocycles. The molecule has 0 unspecified atom stereocenters. The second-order valence-electron chi connectivity index (χ2n) is 5.67. The van der Waals surface area contributed by atoms with Gasteiger partial charge in [0, 0.05) is 6.08 Å². The summed E-state index contributed by atoms with van der Waals surface area (Å²) in [7, 11) is 1.33. The molecule has 0 aromatic heterocycles. The van der Waals surface area contributed by atoms with E-state index in [1.54, 1.807) is 0 Å². The predicted molar refractivity (Wildman–Crippen MR) is 99.2 cm³/mol. The Labute approximate surface area is 164 Å². The van der Waals surface area contributed by atoms with Crippen LogP contribution in [-0.2, 0) is 14.3 Å². The summed E-state index contributed by atoms with van der Waals surface area (Å²) < 4.78 is 52.5. The zero-order chi connectivity index (χ0) is 21.4. The minimum absolute atomic E-state index is 0.00458. The number of esters is 1. The molecule has 0 fully saturated rings. The summed E-state index contributed by atoms with van der Waals surface area (Å²) >= 11 is 0. The van der Waals surface area contributed by atoms with E-state index in [0.717, 1.165) is 6.08 Å². The first-order chi connectivity index (χ1) is 13.8. The maximum atomic E-state index is 13.6. The molecule has 1 atom stereocenters. The number of para-hydroxylation sites is 2. The molecule has 0 aliphatic carbocycles. The number of rotatable bonds is 8. The predicted octanol–water partition coefficient (Wildman–Crippen LogP) is 4.02. The van der Waals surface area contributed by atoms with E-state index in [9.17, 15) is 22.8 Å². The van der Waals surface area contributed by atoms with Gasteiger partial charge in [-0.05, 0) is 42.8 Å². The summed E-state index contributed by atoms with van der Waals surface area (Å²) in [5.41, 5.74) is 0.389. The fraction of sp³-hybridized carbons (Fsp3) is 0.200. The van der Waals surface area contributed by atoms with Crippen LogP contribution in [0, 0.1) is 5.82 Å². The third-order valence-electron chi connectivity index (χ3n) is 3.61. The number of amides is 1. The van der Waals surface area contributed by atoms with Crippen molar-refractivity contribution in [3.05, 3.63) is 59.9 Å². The van der Waals surface area contributed by atoms with E-state index >= 15 is 0 Å². The zero-order valence-corrected chi connectivity index (χ0v) is 15.5. The summed E-state index contributed by atoms with van der Waals surface area (Å²) in [6, 6.07) is 9.69. The van der Waals surface area contributed by atoms with Crippen LogP contribution in [0.1, 0.15) is 12.5 Å². The number of halogens is 3. The summed E-state index contributed by atoms with van der Waals surface area (Å²) in [5, 5.41) is 2.35. The van der Waals surface area contributed by atoms with Crippen molar-refractivity contribution in [1.82, 2.24) is 0 Å². The number of hydrogen-bond donors (Lipinski definition) is 1. The van der Waals surface area contributed by atoms with Crippen LogP contribution in [0.4, 0.5) is 18.9 Å². The van der Waals surface area contributed by atoms with E-state index in [4.69, 9.17) is 9.47 Å². The fourth-order valence-corrected chi connectivity index (χ4v) is 2.22. The van der Waals surface area contributed by atoms with Gasteiger partial charge in [-0.1, -0.05) is 18.2 Å². The van der Waals surface area contributed by atoms with Crippen molar-refractivity contribution in [3.8, 4) is 11.5 Å². The molecule has 154 valence electrons. The van der Waals surface area contributed by atoms with Crippen molar-refractivity contribution in [1.29, 1.82) is 0 Å². The number of hydrogen-bond acceptors (Lipinski definition) is 5. The maximum Gasteiger partial charge on any atom is 0.387 e. The van der Waals surface area contributed by atoms with Crippen molar-refractivity contribution in [3.63, 3.8) is 0 Å². The van der Waals surface area contributed by atoms with Crippen molar-refractivity contribution >= 4 is 23.6 Å². The summed E-state index contributed by atoms with van der Waals surface area (Å²) in [4.78, 5) is 24.0. The minimum Gasteiger partial charge on any atom is -0.494 e. The lowest BCUT2D eigenvalue weighted by Crippen LogP contribution is -2.29. The molecular weight excluding hydrogens is 391 g/mol. The van der Waals surface area contributed by atoms with Crippen LogP contribution < -0.4 is 14.8 Å². The monoisotopic (exact) mass is 409 g/mol. The van der Waals surface area contributed by atoms with Gasteiger partial charge in [-0.3, -0.25) is 4.79 Å². The Morgan fingerprint density at radius 3 is 2.48 bits per heavy atom. The molecular formula is C20H18F3NO5. The smallest absolute Gasteiger partial charge is 0.387 e. The Morgan fingerprint density at radius 2 is 1.83 bits per heavy atom. The SMILES string of the molecule is COc1ccc(/C=C/C(=O)O[C@H](C)C(=O)Nc2ccccc2OC(F)F)cc1F. The molecule has 0 radical (unpaired) electrons. The van der Waals surface area contributed by atoms with Gasteiger partial charge < -0.3 is 19.5 Å². The Kier molecular flexibility index (Phi) is 7.64. The quantitative estimate of drug-likeness (QED) is 0.527. The summed E-state index contributed by atoms with van der Waals surface area (Å²) in [6.07, 6.45) is 1.11. The Balaban J connectivity index is 1.95. The highest BCUT2D eigenvalue weighted by Gasteiger charge is 2.19.